The molecule has 0 bridgehead atoms. The van der Waals surface area contributed by atoms with Crippen LogP contribution in [0.4, 0.5) is 0 Å². The van der Waals surface area contributed by atoms with Crippen molar-refractivity contribution in [2.75, 3.05) is 14.2 Å². The Labute approximate surface area is 263 Å². The molecular weight excluding hydrogens is 576 g/mol. The van der Waals surface area contributed by atoms with Crippen LogP contribution in [-0.4, -0.2) is 68.5 Å². The van der Waals surface area contributed by atoms with Gasteiger partial charge in [-0.25, -0.2) is 19.6 Å². The molecule has 2 aliphatic heterocycles. The van der Waals surface area contributed by atoms with Gasteiger partial charge in [-0.1, -0.05) is 12.1 Å². The molecule has 11 nitrogen and oxygen atoms in total. The summed E-state index contributed by atoms with van der Waals surface area (Å²) in [6, 6.07) is 7.42. The SMILES string of the molecule is CO.COC(=O)c1cc(-c2nc3c([nH]2)COC(C)C3)c(C)cc1C.Cc1cc(C)c(-c2nc3c([nH]2)COC(C)C3)cc1C(=O)O. The molecule has 4 N–H and O–H groups in total. The summed E-state index contributed by atoms with van der Waals surface area (Å²) >= 11 is 0. The number of aryl methyl sites for hydroxylation is 4. The van der Waals surface area contributed by atoms with Gasteiger partial charge in [-0.2, -0.15) is 0 Å². The standard InChI is InChI=1S/C17H20N2O3.C16H18N2O3.CH4O/c1-9-5-10(2)13(17(20)21-4)7-12(9)16-18-14-6-11(3)22-8-15(14)19-16;1-8-4-9(2)12(16(19)20)6-11(8)15-17-13-5-10(3)21-7-14(13)18-15;1-2/h5,7,11H,6,8H2,1-4H3,(H,18,19);4,6,10H,5,7H2,1-3H3,(H,17,18)(H,19,20);2H,1H3. The molecule has 2 unspecified atom stereocenters. The third kappa shape index (κ3) is 7.33. The summed E-state index contributed by atoms with van der Waals surface area (Å²) in [7, 11) is 2.39. The fourth-order valence-electron chi connectivity index (χ4n) is 5.61. The fraction of sp³-hybridized carbons (Fsp3) is 0.412. The lowest BCUT2D eigenvalue weighted by Crippen LogP contribution is -2.18. The number of carboxylic acids is 1. The Kier molecular flexibility index (Phi) is 10.6. The first kappa shape index (κ1) is 33.6. The van der Waals surface area contributed by atoms with Crippen molar-refractivity contribution in [3.05, 3.63) is 80.4 Å². The molecule has 4 heterocycles. The number of ether oxygens (including phenoxy) is 3. The van der Waals surface area contributed by atoms with Crippen molar-refractivity contribution in [3.8, 4) is 22.8 Å². The molecule has 2 aliphatic rings. The van der Waals surface area contributed by atoms with Crippen LogP contribution in [0.1, 0.15) is 79.6 Å². The van der Waals surface area contributed by atoms with Gasteiger partial charge in [-0.15, -0.1) is 0 Å². The van der Waals surface area contributed by atoms with Crippen LogP contribution in [-0.2, 0) is 40.3 Å². The quantitative estimate of drug-likeness (QED) is 0.220. The number of nitrogens with one attached hydrogen (secondary N) is 2. The van der Waals surface area contributed by atoms with Gasteiger partial charge in [0.05, 0.1) is 66.4 Å². The summed E-state index contributed by atoms with van der Waals surface area (Å²) in [5.74, 6) is 0.261. The lowest BCUT2D eigenvalue weighted by molar-refractivity contribution is 0.0381. The van der Waals surface area contributed by atoms with Crippen LogP contribution in [0.25, 0.3) is 22.8 Å². The average molecular weight is 619 g/mol. The molecule has 2 aromatic carbocycles. The number of hydrogen-bond acceptors (Lipinski definition) is 8. The number of carbonyl (C=O) groups excluding carboxylic acids is 1. The van der Waals surface area contributed by atoms with Crippen molar-refractivity contribution >= 4 is 11.9 Å². The third-order valence-electron chi connectivity index (χ3n) is 8.00. The van der Waals surface area contributed by atoms with Gasteiger partial charge >= 0.3 is 11.9 Å². The minimum absolute atomic E-state index is 0.169. The molecule has 0 saturated carbocycles. The van der Waals surface area contributed by atoms with Crippen molar-refractivity contribution in [1.82, 2.24) is 19.9 Å². The first-order valence-corrected chi connectivity index (χ1v) is 14.8. The predicted octanol–water partition coefficient (Wildman–Crippen LogP) is 5.40. The van der Waals surface area contributed by atoms with Gasteiger partial charge in [0.15, 0.2) is 0 Å². The van der Waals surface area contributed by atoms with E-state index in [2.05, 4.69) is 15.0 Å². The van der Waals surface area contributed by atoms with E-state index in [0.717, 1.165) is 87.8 Å². The van der Waals surface area contributed by atoms with Crippen molar-refractivity contribution in [2.45, 2.75) is 79.8 Å². The highest BCUT2D eigenvalue weighted by Gasteiger charge is 2.23. The number of imidazole rings is 2. The molecule has 0 amide bonds. The molecule has 45 heavy (non-hydrogen) atoms. The number of fused-ring (bicyclic) bond motifs is 2. The summed E-state index contributed by atoms with van der Waals surface area (Å²) in [4.78, 5) is 39.1. The minimum Gasteiger partial charge on any atom is -0.478 e. The summed E-state index contributed by atoms with van der Waals surface area (Å²) in [5, 5.41) is 16.3. The molecule has 4 aromatic rings. The number of benzene rings is 2. The highest BCUT2D eigenvalue weighted by Crippen LogP contribution is 2.30. The zero-order valence-corrected chi connectivity index (χ0v) is 27.1. The molecule has 0 spiro atoms. The molecule has 0 aliphatic carbocycles. The summed E-state index contributed by atoms with van der Waals surface area (Å²) < 4.78 is 16.1. The number of aromatic nitrogens is 4. The second-order valence-electron chi connectivity index (χ2n) is 11.4. The van der Waals surface area contributed by atoms with E-state index in [1.165, 1.54) is 7.11 Å². The number of H-pyrrole nitrogens is 2. The number of methoxy groups -OCH3 is 1. The Bertz CT molecular complexity index is 1700. The molecule has 2 atom stereocenters. The van der Waals surface area contributed by atoms with E-state index in [0.29, 0.717) is 24.3 Å². The Balaban J connectivity index is 0.000000194. The van der Waals surface area contributed by atoms with Crippen LogP contribution in [0.5, 0.6) is 0 Å². The smallest absolute Gasteiger partial charge is 0.338 e. The number of aromatic carboxylic acids is 1. The van der Waals surface area contributed by atoms with Crippen LogP contribution in [0, 0.1) is 27.7 Å². The highest BCUT2D eigenvalue weighted by atomic mass is 16.5. The number of esters is 1. The topological polar surface area (TPSA) is 160 Å². The number of hydrogen-bond donors (Lipinski definition) is 4. The summed E-state index contributed by atoms with van der Waals surface area (Å²) in [6.45, 7) is 12.9. The van der Waals surface area contributed by atoms with Crippen molar-refractivity contribution < 1.29 is 34.0 Å². The van der Waals surface area contributed by atoms with Gasteiger partial charge < -0.3 is 34.4 Å². The number of nitrogens with zero attached hydrogens (tertiary/aromatic N) is 2. The second kappa shape index (κ2) is 14.2. The zero-order valence-electron chi connectivity index (χ0n) is 27.1. The highest BCUT2D eigenvalue weighted by molar-refractivity contribution is 5.93. The number of carboxylic acid groups (broad SMARTS) is 1. The lowest BCUT2D eigenvalue weighted by Gasteiger charge is -2.17. The Morgan fingerprint density at radius 1 is 0.756 bits per heavy atom. The maximum atomic E-state index is 11.9. The van der Waals surface area contributed by atoms with Gasteiger partial charge in [0.1, 0.15) is 11.6 Å². The van der Waals surface area contributed by atoms with Crippen molar-refractivity contribution in [3.63, 3.8) is 0 Å². The summed E-state index contributed by atoms with van der Waals surface area (Å²) in [6.07, 6.45) is 1.94. The monoisotopic (exact) mass is 618 g/mol. The number of rotatable bonds is 4. The molecule has 0 radical (unpaired) electrons. The largest absolute Gasteiger partial charge is 0.478 e. The first-order valence-electron chi connectivity index (χ1n) is 14.8. The minimum atomic E-state index is -0.915. The van der Waals surface area contributed by atoms with Crippen LogP contribution in [0.2, 0.25) is 0 Å². The predicted molar refractivity (Wildman–Crippen MR) is 169 cm³/mol. The van der Waals surface area contributed by atoms with Gasteiger partial charge in [0.2, 0.25) is 0 Å². The van der Waals surface area contributed by atoms with E-state index >= 15 is 0 Å². The van der Waals surface area contributed by atoms with Gasteiger partial charge in [0.25, 0.3) is 0 Å². The van der Waals surface area contributed by atoms with E-state index in [9.17, 15) is 14.7 Å². The maximum Gasteiger partial charge on any atom is 0.338 e. The Hall–Kier alpha value is -4.32. The Morgan fingerprint density at radius 3 is 1.60 bits per heavy atom. The van der Waals surface area contributed by atoms with Crippen molar-refractivity contribution in [1.29, 1.82) is 0 Å². The maximum absolute atomic E-state index is 11.9. The van der Waals surface area contributed by atoms with Crippen molar-refractivity contribution in [2.24, 2.45) is 0 Å². The molecule has 240 valence electrons. The normalized spacial score (nSPS) is 16.7. The van der Waals surface area contributed by atoms with Gasteiger partial charge in [-0.05, 0) is 75.9 Å². The third-order valence-corrected chi connectivity index (χ3v) is 8.00. The van der Waals surface area contributed by atoms with Crippen LogP contribution >= 0.6 is 0 Å². The zero-order chi connectivity index (χ0) is 33.0. The van der Waals surface area contributed by atoms with Crippen LogP contribution in [0.3, 0.4) is 0 Å². The lowest BCUT2D eigenvalue weighted by atomic mass is 9.99. The first-order chi connectivity index (χ1) is 21.4. The van der Waals surface area contributed by atoms with E-state index in [-0.39, 0.29) is 18.2 Å². The molecule has 6 rings (SSSR count). The molecule has 0 fully saturated rings. The number of carbonyl (C=O) groups is 2. The van der Waals surface area contributed by atoms with E-state index in [1.54, 1.807) is 6.07 Å². The molecule has 11 heteroatoms. The van der Waals surface area contributed by atoms with E-state index < -0.39 is 5.97 Å². The Morgan fingerprint density at radius 2 is 1.18 bits per heavy atom. The number of aromatic amines is 2. The molecular formula is C34H42N4O7. The van der Waals surface area contributed by atoms with E-state index in [4.69, 9.17) is 24.3 Å². The fourth-order valence-corrected chi connectivity index (χ4v) is 5.61. The second-order valence-corrected chi connectivity index (χ2v) is 11.4. The summed E-state index contributed by atoms with van der Waals surface area (Å²) in [5.41, 5.74) is 10.5. The number of aliphatic hydroxyl groups excluding tert-OH is 1. The van der Waals surface area contributed by atoms with Gasteiger partial charge in [-0.3, -0.25) is 0 Å². The van der Waals surface area contributed by atoms with Crippen LogP contribution in [0.15, 0.2) is 24.3 Å². The van der Waals surface area contributed by atoms with Crippen LogP contribution < -0.4 is 0 Å². The molecule has 0 saturated heterocycles. The van der Waals surface area contributed by atoms with Gasteiger partial charge in [0, 0.05) is 31.1 Å². The number of aliphatic hydroxyl groups is 1. The van der Waals surface area contributed by atoms with E-state index in [1.807, 2.05) is 59.7 Å². The average Bonchev–Trinajstić information content (AvgIpc) is 3.61. The molecule has 2 aromatic heterocycles.